The molecule has 5 heteroatoms. The van der Waals surface area contributed by atoms with Crippen molar-refractivity contribution in [1.82, 2.24) is 5.32 Å². The third-order valence-corrected chi connectivity index (χ3v) is 5.22. The fourth-order valence-electron chi connectivity index (χ4n) is 3.39. The van der Waals surface area contributed by atoms with Crippen LogP contribution in [0.5, 0.6) is 11.5 Å². The van der Waals surface area contributed by atoms with E-state index in [2.05, 4.69) is 17.4 Å². The third kappa shape index (κ3) is 6.60. The zero-order valence-electron chi connectivity index (χ0n) is 15.8. The predicted molar refractivity (Wildman–Crippen MR) is 107 cm³/mol. The SMILES string of the molecule is CCOc1cc(CNC2CCCCC2)ccc1OCc1ccccc1Cl.[Cl-]. The number of nitrogens with one attached hydrogen (secondary N) is 1. The molecule has 2 aromatic carbocycles. The maximum atomic E-state index is 6.21. The van der Waals surface area contributed by atoms with Crippen LogP contribution in [0.4, 0.5) is 0 Å². The average Bonchev–Trinajstić information content (AvgIpc) is 2.68. The molecule has 0 amide bonds. The second-order valence-electron chi connectivity index (χ2n) is 6.81. The highest BCUT2D eigenvalue weighted by molar-refractivity contribution is 6.31. The van der Waals surface area contributed by atoms with Gasteiger partial charge in [-0.05, 0) is 43.5 Å². The van der Waals surface area contributed by atoms with E-state index in [0.717, 1.165) is 28.6 Å². The van der Waals surface area contributed by atoms with Gasteiger partial charge in [0.15, 0.2) is 11.5 Å². The first-order valence-electron chi connectivity index (χ1n) is 9.61. The normalized spacial score (nSPS) is 14.4. The Morgan fingerprint density at radius 3 is 2.52 bits per heavy atom. The summed E-state index contributed by atoms with van der Waals surface area (Å²) in [6.45, 7) is 3.90. The minimum atomic E-state index is 0. The molecule has 0 unspecified atom stereocenters. The van der Waals surface area contributed by atoms with Gasteiger partial charge in [0.05, 0.1) is 6.61 Å². The smallest absolute Gasteiger partial charge is 0.161 e. The quantitative estimate of drug-likeness (QED) is 0.728. The summed E-state index contributed by atoms with van der Waals surface area (Å²) in [6, 6.07) is 14.6. The Kier molecular flexibility index (Phi) is 9.26. The van der Waals surface area contributed by atoms with Gasteiger partial charge in [0, 0.05) is 23.2 Å². The van der Waals surface area contributed by atoms with Gasteiger partial charge < -0.3 is 27.2 Å². The summed E-state index contributed by atoms with van der Waals surface area (Å²) in [5, 5.41) is 4.40. The van der Waals surface area contributed by atoms with Gasteiger partial charge in [-0.15, -0.1) is 0 Å². The number of halogens is 2. The van der Waals surface area contributed by atoms with Crippen LogP contribution in [0, 0.1) is 0 Å². The lowest BCUT2D eigenvalue weighted by Crippen LogP contribution is -3.00. The molecule has 27 heavy (non-hydrogen) atoms. The van der Waals surface area contributed by atoms with Gasteiger partial charge in [-0.1, -0.05) is 55.1 Å². The van der Waals surface area contributed by atoms with Crippen LogP contribution in [0.25, 0.3) is 0 Å². The highest BCUT2D eigenvalue weighted by atomic mass is 35.5. The molecule has 1 fully saturated rings. The minimum Gasteiger partial charge on any atom is -1.00 e. The molecule has 1 N–H and O–H groups in total. The van der Waals surface area contributed by atoms with Crippen LogP contribution in [0.1, 0.15) is 50.2 Å². The summed E-state index contributed by atoms with van der Waals surface area (Å²) in [5.41, 5.74) is 2.20. The summed E-state index contributed by atoms with van der Waals surface area (Å²) >= 11 is 6.21. The number of hydrogen-bond donors (Lipinski definition) is 1. The molecule has 0 saturated heterocycles. The third-order valence-electron chi connectivity index (χ3n) is 4.85. The molecule has 2 aromatic rings. The summed E-state index contributed by atoms with van der Waals surface area (Å²) in [5.74, 6) is 1.55. The van der Waals surface area contributed by atoms with E-state index >= 15 is 0 Å². The van der Waals surface area contributed by atoms with E-state index in [-0.39, 0.29) is 12.4 Å². The van der Waals surface area contributed by atoms with E-state index < -0.39 is 0 Å². The van der Waals surface area contributed by atoms with Gasteiger partial charge in [-0.25, -0.2) is 0 Å². The Hall–Kier alpha value is -1.42. The zero-order valence-corrected chi connectivity index (χ0v) is 17.4. The maximum absolute atomic E-state index is 6.21. The first kappa shape index (κ1) is 21.9. The van der Waals surface area contributed by atoms with Crippen LogP contribution in [0.3, 0.4) is 0 Å². The molecule has 0 bridgehead atoms. The molecule has 1 aliphatic carbocycles. The van der Waals surface area contributed by atoms with Crippen molar-refractivity contribution < 1.29 is 21.9 Å². The first-order chi connectivity index (χ1) is 12.8. The second-order valence-corrected chi connectivity index (χ2v) is 7.22. The Balaban J connectivity index is 0.00000261. The van der Waals surface area contributed by atoms with Gasteiger partial charge in [0.1, 0.15) is 6.61 Å². The molecule has 0 atom stereocenters. The molecular formula is C22H28Cl2NO2-. The highest BCUT2D eigenvalue weighted by Crippen LogP contribution is 2.30. The van der Waals surface area contributed by atoms with Crippen molar-refractivity contribution in [2.45, 2.75) is 58.2 Å². The van der Waals surface area contributed by atoms with Crippen molar-refractivity contribution in [3.8, 4) is 11.5 Å². The highest BCUT2D eigenvalue weighted by Gasteiger charge is 2.13. The Bertz CT molecular complexity index is 702. The van der Waals surface area contributed by atoms with E-state index in [1.165, 1.54) is 37.7 Å². The molecular weight excluding hydrogens is 381 g/mol. The number of hydrogen-bond acceptors (Lipinski definition) is 3. The first-order valence-corrected chi connectivity index (χ1v) is 9.99. The summed E-state index contributed by atoms with van der Waals surface area (Å²) in [7, 11) is 0. The molecule has 3 rings (SSSR count). The van der Waals surface area contributed by atoms with Crippen LogP contribution >= 0.6 is 11.6 Å². The van der Waals surface area contributed by atoms with Crippen molar-refractivity contribution in [3.05, 3.63) is 58.6 Å². The average molecular weight is 409 g/mol. The predicted octanol–water partition coefficient (Wildman–Crippen LogP) is 2.74. The van der Waals surface area contributed by atoms with Crippen LogP contribution in [-0.4, -0.2) is 12.6 Å². The van der Waals surface area contributed by atoms with E-state index in [0.29, 0.717) is 19.3 Å². The monoisotopic (exact) mass is 408 g/mol. The lowest BCUT2D eigenvalue weighted by Gasteiger charge is -2.23. The van der Waals surface area contributed by atoms with Crippen LogP contribution < -0.4 is 27.2 Å². The Morgan fingerprint density at radius 1 is 1.00 bits per heavy atom. The molecule has 0 aromatic heterocycles. The van der Waals surface area contributed by atoms with Gasteiger partial charge >= 0.3 is 0 Å². The Morgan fingerprint density at radius 2 is 1.78 bits per heavy atom. The van der Waals surface area contributed by atoms with Crippen molar-refractivity contribution in [1.29, 1.82) is 0 Å². The van der Waals surface area contributed by atoms with Gasteiger partial charge in [-0.2, -0.15) is 0 Å². The van der Waals surface area contributed by atoms with E-state index in [1.807, 2.05) is 37.3 Å². The minimum absolute atomic E-state index is 0. The van der Waals surface area contributed by atoms with Gasteiger partial charge in [0.2, 0.25) is 0 Å². The molecule has 0 spiro atoms. The van der Waals surface area contributed by atoms with Gasteiger partial charge in [0.25, 0.3) is 0 Å². The van der Waals surface area contributed by atoms with Crippen LogP contribution in [-0.2, 0) is 13.2 Å². The largest absolute Gasteiger partial charge is 1.00 e. The molecule has 148 valence electrons. The van der Waals surface area contributed by atoms with Crippen LogP contribution in [0.2, 0.25) is 5.02 Å². The molecule has 0 radical (unpaired) electrons. The number of ether oxygens (including phenoxy) is 2. The summed E-state index contributed by atoms with van der Waals surface area (Å²) in [4.78, 5) is 0. The number of rotatable bonds is 8. The fraction of sp³-hybridized carbons (Fsp3) is 0.455. The molecule has 3 nitrogen and oxygen atoms in total. The standard InChI is InChI=1S/C22H28ClNO2.ClH/c1-2-25-22-14-17(15-24-19-9-4-3-5-10-19)12-13-21(22)26-16-18-8-6-7-11-20(18)23;/h6-8,11-14,19,24H,2-5,9-10,15-16H2,1H3;1H/p-1. The lowest BCUT2D eigenvalue weighted by atomic mass is 9.95. The van der Waals surface area contributed by atoms with E-state index in [1.54, 1.807) is 0 Å². The summed E-state index contributed by atoms with van der Waals surface area (Å²) < 4.78 is 11.8. The van der Waals surface area contributed by atoms with Crippen molar-refractivity contribution in [2.75, 3.05) is 6.61 Å². The van der Waals surface area contributed by atoms with Crippen LogP contribution in [0.15, 0.2) is 42.5 Å². The van der Waals surface area contributed by atoms with Crippen molar-refractivity contribution >= 4 is 11.6 Å². The second kappa shape index (κ2) is 11.4. The molecule has 1 aliphatic rings. The molecule has 0 aliphatic heterocycles. The lowest BCUT2D eigenvalue weighted by molar-refractivity contribution is -0.00000610. The number of benzene rings is 2. The van der Waals surface area contributed by atoms with Crippen molar-refractivity contribution in [3.63, 3.8) is 0 Å². The van der Waals surface area contributed by atoms with E-state index in [9.17, 15) is 0 Å². The van der Waals surface area contributed by atoms with E-state index in [4.69, 9.17) is 21.1 Å². The molecule has 1 saturated carbocycles. The van der Waals surface area contributed by atoms with Gasteiger partial charge in [-0.3, -0.25) is 0 Å². The molecule has 0 heterocycles. The Labute approximate surface area is 173 Å². The maximum Gasteiger partial charge on any atom is 0.161 e. The van der Waals surface area contributed by atoms with Crippen molar-refractivity contribution in [2.24, 2.45) is 0 Å². The zero-order chi connectivity index (χ0) is 18.2. The topological polar surface area (TPSA) is 30.5 Å². The summed E-state index contributed by atoms with van der Waals surface area (Å²) in [6.07, 6.45) is 6.65. The fourth-order valence-corrected chi connectivity index (χ4v) is 3.58.